The molecule has 1 aromatic heterocycles. The number of nitrogens with zero attached hydrogens (tertiary/aromatic N) is 1. The van der Waals surface area contributed by atoms with Crippen LogP contribution in [0, 0.1) is 0 Å². The standard InChI is InChI=1S/C10H11BrF2N2O2/c1-17-8(16)3-5-2-6(11)7(4-14)15-9(5)10(12)13/h2,10H,3-4,14H2,1H3. The predicted octanol–water partition coefficient (Wildman–Crippen LogP) is 1.96. The third-order valence-corrected chi connectivity index (χ3v) is 2.81. The molecule has 2 N–H and O–H groups in total. The van der Waals surface area contributed by atoms with E-state index in [-0.39, 0.29) is 18.5 Å². The van der Waals surface area contributed by atoms with Crippen molar-refractivity contribution in [3.8, 4) is 0 Å². The van der Waals surface area contributed by atoms with E-state index in [1.54, 1.807) is 0 Å². The van der Waals surface area contributed by atoms with E-state index >= 15 is 0 Å². The van der Waals surface area contributed by atoms with Gasteiger partial charge in [-0.3, -0.25) is 4.79 Å². The zero-order valence-corrected chi connectivity index (χ0v) is 10.6. The van der Waals surface area contributed by atoms with Crippen molar-refractivity contribution in [3.05, 3.63) is 27.5 Å². The van der Waals surface area contributed by atoms with E-state index in [4.69, 9.17) is 5.73 Å². The van der Waals surface area contributed by atoms with Crippen LogP contribution in [0.3, 0.4) is 0 Å². The van der Waals surface area contributed by atoms with Gasteiger partial charge in [-0.2, -0.15) is 0 Å². The largest absolute Gasteiger partial charge is 0.469 e. The molecule has 1 rings (SSSR count). The second-order valence-corrected chi connectivity index (χ2v) is 4.07. The Labute approximate surface area is 105 Å². The highest BCUT2D eigenvalue weighted by atomic mass is 79.9. The summed E-state index contributed by atoms with van der Waals surface area (Å²) in [7, 11) is 1.20. The molecule has 4 nitrogen and oxygen atoms in total. The van der Waals surface area contributed by atoms with E-state index in [2.05, 4.69) is 25.7 Å². The lowest BCUT2D eigenvalue weighted by atomic mass is 10.1. The second-order valence-electron chi connectivity index (χ2n) is 3.22. The fraction of sp³-hybridized carbons (Fsp3) is 0.400. The smallest absolute Gasteiger partial charge is 0.310 e. The lowest BCUT2D eigenvalue weighted by Gasteiger charge is -2.10. The van der Waals surface area contributed by atoms with Gasteiger partial charge in [-0.25, -0.2) is 13.8 Å². The maximum absolute atomic E-state index is 12.8. The summed E-state index contributed by atoms with van der Waals surface area (Å²) in [4.78, 5) is 14.8. The molecule has 0 bridgehead atoms. The molecule has 0 aliphatic rings. The fourth-order valence-electron chi connectivity index (χ4n) is 1.28. The summed E-state index contributed by atoms with van der Waals surface area (Å²) in [5.74, 6) is -0.596. The van der Waals surface area contributed by atoms with Crippen LogP contribution in [0.15, 0.2) is 10.5 Å². The number of halogens is 3. The van der Waals surface area contributed by atoms with Gasteiger partial charge < -0.3 is 10.5 Å². The first-order valence-electron chi connectivity index (χ1n) is 4.72. The number of nitrogens with two attached hydrogens (primary N) is 1. The van der Waals surface area contributed by atoms with Crippen LogP contribution in [0.4, 0.5) is 8.78 Å². The first kappa shape index (κ1) is 14.0. The summed E-state index contributed by atoms with van der Waals surface area (Å²) in [5.41, 5.74) is 5.40. The Bertz CT molecular complexity index is 427. The van der Waals surface area contributed by atoms with Gasteiger partial charge in [-0.05, 0) is 27.6 Å². The average molecular weight is 309 g/mol. The van der Waals surface area contributed by atoms with Crippen LogP contribution < -0.4 is 5.73 Å². The Morgan fingerprint density at radius 1 is 1.65 bits per heavy atom. The number of hydrogen-bond donors (Lipinski definition) is 1. The number of ether oxygens (including phenoxy) is 1. The third-order valence-electron chi connectivity index (χ3n) is 2.12. The number of hydrogen-bond acceptors (Lipinski definition) is 4. The summed E-state index contributed by atoms with van der Waals surface area (Å²) in [5, 5.41) is 0. The van der Waals surface area contributed by atoms with Crippen LogP contribution in [-0.4, -0.2) is 18.1 Å². The van der Waals surface area contributed by atoms with Crippen LogP contribution in [0.2, 0.25) is 0 Å². The molecule has 0 atom stereocenters. The van der Waals surface area contributed by atoms with E-state index in [1.807, 2.05) is 0 Å². The van der Waals surface area contributed by atoms with E-state index in [9.17, 15) is 13.6 Å². The van der Waals surface area contributed by atoms with Gasteiger partial charge in [-0.15, -0.1) is 0 Å². The van der Waals surface area contributed by atoms with Crippen molar-refractivity contribution in [2.24, 2.45) is 5.73 Å². The Balaban J connectivity index is 3.18. The van der Waals surface area contributed by atoms with Crippen LogP contribution in [0.25, 0.3) is 0 Å². The summed E-state index contributed by atoms with van der Waals surface area (Å²) in [6.45, 7) is 0.0405. The first-order valence-corrected chi connectivity index (χ1v) is 5.52. The van der Waals surface area contributed by atoms with Crippen molar-refractivity contribution in [1.82, 2.24) is 4.98 Å². The quantitative estimate of drug-likeness (QED) is 0.864. The fourth-order valence-corrected chi connectivity index (χ4v) is 1.81. The van der Waals surface area contributed by atoms with Crippen molar-refractivity contribution in [1.29, 1.82) is 0 Å². The molecule has 0 unspecified atom stereocenters. The second kappa shape index (κ2) is 6.02. The highest BCUT2D eigenvalue weighted by Gasteiger charge is 2.19. The number of carbonyl (C=O) groups excluding carboxylic acids is 1. The molecule has 0 amide bonds. The third kappa shape index (κ3) is 3.44. The summed E-state index contributed by atoms with van der Waals surface area (Å²) < 4.78 is 30.5. The van der Waals surface area contributed by atoms with Crippen molar-refractivity contribution in [2.45, 2.75) is 19.4 Å². The van der Waals surface area contributed by atoms with Gasteiger partial charge in [0.15, 0.2) is 0 Å². The minimum absolute atomic E-state index is 0.0405. The van der Waals surface area contributed by atoms with Gasteiger partial charge in [-0.1, -0.05) is 0 Å². The average Bonchev–Trinajstić information content (AvgIpc) is 2.28. The minimum atomic E-state index is -2.76. The van der Waals surface area contributed by atoms with Gasteiger partial charge in [0.1, 0.15) is 5.69 Å². The number of pyridine rings is 1. The molecule has 94 valence electrons. The molecule has 1 aromatic rings. The SMILES string of the molecule is COC(=O)Cc1cc(Br)c(CN)nc1C(F)F. The molecule has 1 heterocycles. The summed E-state index contributed by atoms with van der Waals surface area (Å²) in [6.07, 6.45) is -3.00. The number of methoxy groups -OCH3 is 1. The molecule has 0 spiro atoms. The molecule has 0 fully saturated rings. The highest BCUT2D eigenvalue weighted by molar-refractivity contribution is 9.10. The lowest BCUT2D eigenvalue weighted by molar-refractivity contribution is -0.139. The van der Waals surface area contributed by atoms with Crippen molar-refractivity contribution >= 4 is 21.9 Å². The Morgan fingerprint density at radius 3 is 2.76 bits per heavy atom. The van der Waals surface area contributed by atoms with E-state index in [0.717, 1.165) is 0 Å². The number of aromatic nitrogens is 1. The Hall–Kier alpha value is -1.08. The molecule has 0 saturated carbocycles. The Kier molecular flexibility index (Phi) is 4.95. The molecule has 0 saturated heterocycles. The lowest BCUT2D eigenvalue weighted by Crippen LogP contribution is -2.11. The molecule has 0 radical (unpaired) electrons. The normalized spacial score (nSPS) is 10.7. The van der Waals surface area contributed by atoms with Gasteiger partial charge in [0.2, 0.25) is 0 Å². The van der Waals surface area contributed by atoms with Gasteiger partial charge >= 0.3 is 5.97 Å². The molecule has 0 aliphatic heterocycles. The van der Waals surface area contributed by atoms with Crippen LogP contribution >= 0.6 is 15.9 Å². The van der Waals surface area contributed by atoms with Crippen molar-refractivity contribution < 1.29 is 18.3 Å². The zero-order chi connectivity index (χ0) is 13.0. The van der Waals surface area contributed by atoms with Crippen molar-refractivity contribution in [3.63, 3.8) is 0 Å². The molecular weight excluding hydrogens is 298 g/mol. The van der Waals surface area contributed by atoms with E-state index in [1.165, 1.54) is 13.2 Å². The predicted molar refractivity (Wildman–Crippen MR) is 60.5 cm³/mol. The molecule has 0 aromatic carbocycles. The van der Waals surface area contributed by atoms with E-state index in [0.29, 0.717) is 10.2 Å². The molecule has 17 heavy (non-hydrogen) atoms. The first-order chi connectivity index (χ1) is 7.99. The van der Waals surface area contributed by atoms with E-state index < -0.39 is 18.1 Å². The van der Waals surface area contributed by atoms with Gasteiger partial charge in [0.25, 0.3) is 6.43 Å². The highest BCUT2D eigenvalue weighted by Crippen LogP contribution is 2.26. The summed E-state index contributed by atoms with van der Waals surface area (Å²) >= 11 is 3.16. The number of esters is 1. The van der Waals surface area contributed by atoms with Crippen molar-refractivity contribution in [2.75, 3.05) is 7.11 Å². The molecule has 0 aliphatic carbocycles. The molecule has 7 heteroatoms. The zero-order valence-electron chi connectivity index (χ0n) is 9.04. The summed E-state index contributed by atoms with van der Waals surface area (Å²) in [6, 6.07) is 1.42. The monoisotopic (exact) mass is 308 g/mol. The topological polar surface area (TPSA) is 65.2 Å². The molecular formula is C10H11BrF2N2O2. The number of alkyl halides is 2. The number of rotatable bonds is 4. The Morgan fingerprint density at radius 2 is 2.29 bits per heavy atom. The van der Waals surface area contributed by atoms with Crippen LogP contribution in [0.1, 0.15) is 23.4 Å². The van der Waals surface area contributed by atoms with Crippen LogP contribution in [0.5, 0.6) is 0 Å². The minimum Gasteiger partial charge on any atom is -0.469 e. The van der Waals surface area contributed by atoms with Gasteiger partial charge in [0, 0.05) is 11.0 Å². The number of carbonyl (C=O) groups is 1. The van der Waals surface area contributed by atoms with Gasteiger partial charge in [0.05, 0.1) is 19.2 Å². The van der Waals surface area contributed by atoms with Crippen LogP contribution in [-0.2, 0) is 22.5 Å². The maximum Gasteiger partial charge on any atom is 0.310 e. The maximum atomic E-state index is 12.8.